The highest BCUT2D eigenvalue weighted by Crippen LogP contribution is 2.41. The minimum absolute atomic E-state index is 0.0377. The highest BCUT2D eigenvalue weighted by atomic mass is 28.4. The molecule has 0 aromatic heterocycles. The van der Waals surface area contributed by atoms with Crippen LogP contribution < -0.4 is 0 Å². The van der Waals surface area contributed by atoms with E-state index >= 15 is 0 Å². The summed E-state index contributed by atoms with van der Waals surface area (Å²) < 4.78 is 13.1. The Morgan fingerprint density at radius 3 is 1.87 bits per heavy atom. The number of rotatable bonds is 9. The quantitative estimate of drug-likeness (QED) is 0.388. The van der Waals surface area contributed by atoms with Gasteiger partial charge in [-0.05, 0) is 53.8 Å². The van der Waals surface area contributed by atoms with Gasteiger partial charge in [-0.1, -0.05) is 79.7 Å². The molecule has 1 aromatic carbocycles. The fraction of sp³-hybridized carbons (Fsp3) is 0.760. The first-order chi connectivity index (χ1) is 13.4. The van der Waals surface area contributed by atoms with Crippen molar-refractivity contribution in [1.29, 1.82) is 0 Å². The lowest BCUT2D eigenvalue weighted by Gasteiger charge is -2.39. The van der Waals surface area contributed by atoms with Gasteiger partial charge in [-0.15, -0.1) is 0 Å². The van der Waals surface area contributed by atoms with Crippen molar-refractivity contribution in [1.82, 2.24) is 0 Å². The standard InChI is InChI=1S/C25H48O3Si2/c1-13-22(28-30(11,12)25(6,7)8)20-15-14-16-21(17-20)23(26)19(2)18-27-29(9,10)24(3,4)5/h14-17,19,22-23,26H,13,18H2,1-12H3/t19-,22+,23?/m1/s1. The molecule has 0 saturated carbocycles. The first-order valence-electron chi connectivity index (χ1n) is 11.5. The summed E-state index contributed by atoms with van der Waals surface area (Å²) in [5.74, 6) is 0.0377. The van der Waals surface area contributed by atoms with Crippen LogP contribution in [0.25, 0.3) is 0 Å². The number of benzene rings is 1. The number of aliphatic hydroxyl groups is 1. The van der Waals surface area contributed by atoms with Gasteiger partial charge in [-0.3, -0.25) is 0 Å². The van der Waals surface area contributed by atoms with E-state index in [2.05, 4.69) is 93.7 Å². The van der Waals surface area contributed by atoms with Crippen LogP contribution in [0.4, 0.5) is 0 Å². The van der Waals surface area contributed by atoms with Crippen LogP contribution in [0.3, 0.4) is 0 Å². The van der Waals surface area contributed by atoms with Crippen LogP contribution >= 0.6 is 0 Å². The van der Waals surface area contributed by atoms with Gasteiger partial charge in [0.2, 0.25) is 0 Å². The average Bonchev–Trinajstić information content (AvgIpc) is 2.61. The third-order valence-corrected chi connectivity index (χ3v) is 16.3. The van der Waals surface area contributed by atoms with E-state index in [0.717, 1.165) is 17.5 Å². The fourth-order valence-electron chi connectivity index (χ4n) is 2.84. The van der Waals surface area contributed by atoms with Crippen molar-refractivity contribution in [2.45, 2.75) is 110 Å². The molecule has 0 bridgehead atoms. The van der Waals surface area contributed by atoms with Crippen molar-refractivity contribution in [3.05, 3.63) is 35.4 Å². The van der Waals surface area contributed by atoms with Crippen LogP contribution in [0, 0.1) is 5.92 Å². The van der Waals surface area contributed by atoms with E-state index in [1.807, 2.05) is 12.1 Å². The third kappa shape index (κ3) is 7.02. The van der Waals surface area contributed by atoms with Gasteiger partial charge < -0.3 is 14.0 Å². The lowest BCUT2D eigenvalue weighted by molar-refractivity contribution is 0.0798. The van der Waals surface area contributed by atoms with E-state index in [0.29, 0.717) is 6.61 Å². The highest BCUT2D eigenvalue weighted by Gasteiger charge is 2.39. The van der Waals surface area contributed by atoms with E-state index in [1.165, 1.54) is 0 Å². The van der Waals surface area contributed by atoms with Crippen molar-refractivity contribution >= 4 is 16.6 Å². The van der Waals surface area contributed by atoms with Gasteiger partial charge in [0.05, 0.1) is 12.2 Å². The zero-order valence-electron chi connectivity index (χ0n) is 21.7. The molecule has 0 spiro atoms. The summed E-state index contributed by atoms with van der Waals surface area (Å²) in [5.41, 5.74) is 2.12. The highest BCUT2D eigenvalue weighted by molar-refractivity contribution is 6.74. The summed E-state index contributed by atoms with van der Waals surface area (Å²) in [4.78, 5) is 0. The van der Waals surface area contributed by atoms with Crippen LogP contribution in [0.2, 0.25) is 36.3 Å². The van der Waals surface area contributed by atoms with Crippen LogP contribution in [0.15, 0.2) is 24.3 Å². The molecule has 1 rings (SSSR count). The zero-order chi connectivity index (χ0) is 23.5. The normalized spacial score (nSPS) is 17.0. The van der Waals surface area contributed by atoms with E-state index in [4.69, 9.17) is 8.85 Å². The topological polar surface area (TPSA) is 38.7 Å². The number of hydrogen-bond donors (Lipinski definition) is 1. The summed E-state index contributed by atoms with van der Waals surface area (Å²) in [5, 5.41) is 11.4. The predicted molar refractivity (Wildman–Crippen MR) is 135 cm³/mol. The Hall–Kier alpha value is -0.466. The maximum atomic E-state index is 11.0. The summed E-state index contributed by atoms with van der Waals surface area (Å²) >= 11 is 0. The Kier molecular flexibility index (Phi) is 9.18. The van der Waals surface area contributed by atoms with E-state index in [9.17, 15) is 5.11 Å². The van der Waals surface area contributed by atoms with Crippen molar-refractivity contribution in [2.75, 3.05) is 6.61 Å². The van der Waals surface area contributed by atoms with Crippen molar-refractivity contribution < 1.29 is 14.0 Å². The monoisotopic (exact) mass is 452 g/mol. The fourth-order valence-corrected chi connectivity index (χ4v) is 5.32. The predicted octanol–water partition coefficient (Wildman–Crippen LogP) is 7.85. The van der Waals surface area contributed by atoms with Crippen LogP contribution in [0.5, 0.6) is 0 Å². The lowest BCUT2D eigenvalue weighted by Crippen LogP contribution is -2.42. The second-order valence-electron chi connectivity index (χ2n) is 11.9. The Bertz CT molecular complexity index is 672. The maximum Gasteiger partial charge on any atom is 0.192 e. The number of aliphatic hydroxyl groups excluding tert-OH is 1. The van der Waals surface area contributed by atoms with E-state index in [-0.39, 0.29) is 22.1 Å². The average molecular weight is 453 g/mol. The molecule has 5 heteroatoms. The SMILES string of the molecule is CC[C@H](O[Si](C)(C)C(C)(C)C)c1cccc(C(O)[C@H](C)CO[Si](C)(C)C(C)(C)C)c1. The summed E-state index contributed by atoms with van der Waals surface area (Å²) in [6.45, 7) is 27.5. The van der Waals surface area contributed by atoms with Gasteiger partial charge in [0.25, 0.3) is 0 Å². The van der Waals surface area contributed by atoms with Gasteiger partial charge in [-0.2, -0.15) is 0 Å². The van der Waals surface area contributed by atoms with E-state index < -0.39 is 22.7 Å². The molecule has 0 aliphatic heterocycles. The van der Waals surface area contributed by atoms with Crippen molar-refractivity contribution in [3.63, 3.8) is 0 Å². The first kappa shape index (κ1) is 27.6. The Labute approximate surface area is 188 Å². The van der Waals surface area contributed by atoms with Gasteiger partial charge in [-0.25, -0.2) is 0 Å². The molecule has 0 aliphatic carbocycles. The molecule has 0 heterocycles. The molecule has 0 aliphatic rings. The lowest BCUT2D eigenvalue weighted by atomic mass is 9.95. The molecule has 0 saturated heterocycles. The minimum atomic E-state index is -1.87. The van der Waals surface area contributed by atoms with E-state index in [1.54, 1.807) is 0 Å². The van der Waals surface area contributed by atoms with Gasteiger partial charge in [0.15, 0.2) is 16.6 Å². The molecule has 1 N–H and O–H groups in total. The third-order valence-electron chi connectivity index (χ3n) is 7.29. The van der Waals surface area contributed by atoms with Crippen molar-refractivity contribution in [3.8, 4) is 0 Å². The Morgan fingerprint density at radius 1 is 0.900 bits per heavy atom. The molecule has 0 fully saturated rings. The summed E-state index contributed by atoms with van der Waals surface area (Å²) in [6, 6.07) is 8.34. The number of hydrogen-bond acceptors (Lipinski definition) is 3. The molecular weight excluding hydrogens is 404 g/mol. The molecule has 3 nitrogen and oxygen atoms in total. The zero-order valence-corrected chi connectivity index (χ0v) is 23.7. The van der Waals surface area contributed by atoms with Gasteiger partial charge in [0, 0.05) is 12.5 Å². The summed E-state index contributed by atoms with van der Waals surface area (Å²) in [6.07, 6.45) is 0.452. The smallest absolute Gasteiger partial charge is 0.192 e. The van der Waals surface area contributed by atoms with Crippen molar-refractivity contribution in [2.24, 2.45) is 5.92 Å². The van der Waals surface area contributed by atoms with Crippen LogP contribution in [-0.2, 0) is 8.85 Å². The molecule has 30 heavy (non-hydrogen) atoms. The van der Waals surface area contributed by atoms with Gasteiger partial charge >= 0.3 is 0 Å². The molecule has 174 valence electrons. The molecule has 3 atom stereocenters. The van der Waals surface area contributed by atoms with Gasteiger partial charge in [0.1, 0.15) is 0 Å². The maximum absolute atomic E-state index is 11.0. The molecular formula is C25H48O3Si2. The molecule has 1 aromatic rings. The second kappa shape index (κ2) is 9.99. The Morgan fingerprint density at radius 2 is 1.40 bits per heavy atom. The minimum Gasteiger partial charge on any atom is -0.416 e. The van der Waals surface area contributed by atoms with Crippen LogP contribution in [0.1, 0.15) is 85.1 Å². The summed E-state index contributed by atoms with van der Waals surface area (Å²) in [7, 11) is -3.69. The molecule has 0 amide bonds. The second-order valence-corrected chi connectivity index (χ2v) is 21.5. The van der Waals surface area contributed by atoms with Crippen LogP contribution in [-0.4, -0.2) is 28.3 Å². The first-order valence-corrected chi connectivity index (χ1v) is 17.3. The molecule has 1 unspecified atom stereocenters. The Balaban J connectivity index is 2.96. The largest absolute Gasteiger partial charge is 0.416 e. The molecule has 0 radical (unpaired) electrons.